The first kappa shape index (κ1) is 14.0. The lowest BCUT2D eigenvalue weighted by Crippen LogP contribution is -2.42. The Morgan fingerprint density at radius 3 is 2.29 bits per heavy atom. The molecule has 0 radical (unpaired) electrons. The number of aliphatic hydroxyl groups is 2. The van der Waals surface area contributed by atoms with Crippen molar-refractivity contribution in [2.75, 3.05) is 33.7 Å². The minimum atomic E-state index is -2.18. The molecule has 0 heterocycles. The summed E-state index contributed by atoms with van der Waals surface area (Å²) in [6.45, 7) is 2.05. The molecule has 86 valence electrons. The SMILES string of the molecule is CO[Si](C)(COCC(O)CCO)OC. The Hall–Kier alpha value is 0.0169. The van der Waals surface area contributed by atoms with Crippen LogP contribution < -0.4 is 0 Å². The Balaban J connectivity index is 3.61. The molecular formula is C8H20O5Si. The van der Waals surface area contributed by atoms with Crippen LogP contribution in [0.3, 0.4) is 0 Å². The highest BCUT2D eigenvalue weighted by Gasteiger charge is 2.29. The second-order valence-electron chi connectivity index (χ2n) is 3.22. The summed E-state index contributed by atoms with van der Waals surface area (Å²) in [4.78, 5) is 0. The van der Waals surface area contributed by atoms with E-state index in [1.165, 1.54) is 0 Å². The van der Waals surface area contributed by atoms with Crippen LogP contribution in [0, 0.1) is 0 Å². The Labute approximate surface area is 85.9 Å². The fourth-order valence-corrected chi connectivity index (χ4v) is 1.70. The van der Waals surface area contributed by atoms with E-state index < -0.39 is 14.7 Å². The van der Waals surface area contributed by atoms with Gasteiger partial charge in [-0.05, 0) is 13.0 Å². The molecule has 0 aromatic heterocycles. The van der Waals surface area contributed by atoms with Crippen molar-refractivity contribution in [3.63, 3.8) is 0 Å². The highest BCUT2D eigenvalue weighted by molar-refractivity contribution is 6.65. The molecule has 1 atom stereocenters. The van der Waals surface area contributed by atoms with Crippen LogP contribution in [0.5, 0.6) is 0 Å². The van der Waals surface area contributed by atoms with Gasteiger partial charge in [-0.3, -0.25) is 0 Å². The molecular weight excluding hydrogens is 204 g/mol. The average Bonchev–Trinajstić information content (AvgIpc) is 2.18. The molecule has 0 spiro atoms. The van der Waals surface area contributed by atoms with Crippen molar-refractivity contribution in [3.05, 3.63) is 0 Å². The largest absolute Gasteiger partial charge is 0.396 e. The summed E-state index contributed by atoms with van der Waals surface area (Å²) in [7, 11) is 0.990. The molecule has 5 nitrogen and oxygen atoms in total. The molecule has 0 aliphatic heterocycles. The van der Waals surface area contributed by atoms with Crippen LogP contribution in [-0.4, -0.2) is 58.5 Å². The third-order valence-electron chi connectivity index (χ3n) is 2.00. The van der Waals surface area contributed by atoms with Crippen LogP contribution in [0.4, 0.5) is 0 Å². The Bertz CT molecular complexity index is 140. The van der Waals surface area contributed by atoms with Crippen LogP contribution in [0.15, 0.2) is 0 Å². The molecule has 0 aliphatic rings. The monoisotopic (exact) mass is 224 g/mol. The number of ether oxygens (including phenoxy) is 1. The van der Waals surface area contributed by atoms with E-state index in [0.29, 0.717) is 12.7 Å². The minimum absolute atomic E-state index is 0.0339. The van der Waals surface area contributed by atoms with E-state index in [-0.39, 0.29) is 13.2 Å². The number of hydrogen-bond acceptors (Lipinski definition) is 5. The summed E-state index contributed by atoms with van der Waals surface area (Å²) in [5.41, 5.74) is 0. The number of rotatable bonds is 8. The first-order chi connectivity index (χ1) is 6.58. The molecule has 0 bridgehead atoms. The van der Waals surface area contributed by atoms with Gasteiger partial charge < -0.3 is 23.8 Å². The van der Waals surface area contributed by atoms with Crippen LogP contribution in [0.25, 0.3) is 0 Å². The molecule has 1 unspecified atom stereocenters. The van der Waals surface area contributed by atoms with Gasteiger partial charge in [0, 0.05) is 20.8 Å². The van der Waals surface area contributed by atoms with E-state index in [0.717, 1.165) is 0 Å². The van der Waals surface area contributed by atoms with Gasteiger partial charge >= 0.3 is 8.56 Å². The zero-order chi connectivity index (χ0) is 11.0. The lowest BCUT2D eigenvalue weighted by Gasteiger charge is -2.23. The summed E-state index contributed by atoms with van der Waals surface area (Å²) < 4.78 is 15.6. The summed E-state index contributed by atoms with van der Waals surface area (Å²) in [6.07, 6.45) is 0.0905. The normalized spacial score (nSPS) is 14.4. The molecule has 2 N–H and O–H groups in total. The van der Waals surface area contributed by atoms with E-state index >= 15 is 0 Å². The lowest BCUT2D eigenvalue weighted by molar-refractivity contribution is 0.0291. The molecule has 0 fully saturated rings. The van der Waals surface area contributed by atoms with Crippen molar-refractivity contribution in [3.8, 4) is 0 Å². The van der Waals surface area contributed by atoms with Gasteiger partial charge in [0.25, 0.3) is 0 Å². The molecule has 0 aliphatic carbocycles. The van der Waals surface area contributed by atoms with Crippen LogP contribution >= 0.6 is 0 Å². The minimum Gasteiger partial charge on any atom is -0.396 e. The van der Waals surface area contributed by atoms with Crippen LogP contribution in [0.1, 0.15) is 6.42 Å². The fourth-order valence-electron chi connectivity index (χ4n) is 0.814. The third-order valence-corrected chi connectivity index (χ3v) is 4.46. The topological polar surface area (TPSA) is 68.2 Å². The summed E-state index contributed by atoms with van der Waals surface area (Å²) in [5.74, 6) is 0. The third kappa shape index (κ3) is 5.69. The first-order valence-corrected chi connectivity index (χ1v) is 7.07. The Kier molecular flexibility index (Phi) is 7.34. The summed E-state index contributed by atoms with van der Waals surface area (Å²) in [5, 5.41) is 17.8. The predicted molar refractivity (Wildman–Crippen MR) is 54.2 cm³/mol. The van der Waals surface area contributed by atoms with Crippen molar-refractivity contribution in [1.82, 2.24) is 0 Å². The Morgan fingerprint density at radius 1 is 1.29 bits per heavy atom. The molecule has 0 rings (SSSR count). The van der Waals surface area contributed by atoms with Gasteiger partial charge in [-0.2, -0.15) is 0 Å². The second kappa shape index (κ2) is 7.33. The van der Waals surface area contributed by atoms with Gasteiger partial charge in [0.2, 0.25) is 0 Å². The van der Waals surface area contributed by atoms with Crippen molar-refractivity contribution in [1.29, 1.82) is 0 Å². The standard InChI is InChI=1S/C8H20O5Si/c1-11-14(3,12-2)7-13-6-8(10)4-5-9/h8-10H,4-7H2,1-3H3. The Morgan fingerprint density at radius 2 is 1.86 bits per heavy atom. The number of hydrogen-bond donors (Lipinski definition) is 2. The maximum atomic E-state index is 9.24. The van der Waals surface area contributed by atoms with Crippen molar-refractivity contribution in [2.24, 2.45) is 0 Å². The van der Waals surface area contributed by atoms with Gasteiger partial charge in [-0.1, -0.05) is 0 Å². The highest BCUT2D eigenvalue weighted by atomic mass is 28.4. The van der Waals surface area contributed by atoms with Gasteiger partial charge in [0.15, 0.2) is 0 Å². The van der Waals surface area contributed by atoms with E-state index in [9.17, 15) is 5.11 Å². The zero-order valence-electron chi connectivity index (χ0n) is 9.02. The molecule has 6 heteroatoms. The number of aliphatic hydroxyl groups excluding tert-OH is 2. The average molecular weight is 224 g/mol. The quantitative estimate of drug-likeness (QED) is 0.552. The van der Waals surface area contributed by atoms with Crippen molar-refractivity contribution in [2.45, 2.75) is 19.1 Å². The molecule has 0 amide bonds. The van der Waals surface area contributed by atoms with Gasteiger partial charge in [0.1, 0.15) is 0 Å². The lowest BCUT2D eigenvalue weighted by atomic mass is 10.3. The first-order valence-electron chi connectivity index (χ1n) is 4.55. The smallest absolute Gasteiger partial charge is 0.361 e. The van der Waals surface area contributed by atoms with E-state index in [1.54, 1.807) is 14.2 Å². The van der Waals surface area contributed by atoms with Gasteiger partial charge in [-0.25, -0.2) is 0 Å². The summed E-state index contributed by atoms with van der Waals surface area (Å²) in [6, 6.07) is 0. The van der Waals surface area contributed by atoms with Gasteiger partial charge in [0.05, 0.1) is 18.9 Å². The maximum absolute atomic E-state index is 9.24. The molecule has 0 saturated heterocycles. The zero-order valence-corrected chi connectivity index (χ0v) is 10.0. The van der Waals surface area contributed by atoms with Crippen LogP contribution in [-0.2, 0) is 13.6 Å². The fraction of sp³-hybridized carbons (Fsp3) is 1.00. The van der Waals surface area contributed by atoms with E-state index in [2.05, 4.69) is 0 Å². The molecule has 0 aromatic rings. The van der Waals surface area contributed by atoms with Crippen molar-refractivity contribution < 1.29 is 23.8 Å². The summed E-state index contributed by atoms with van der Waals surface area (Å²) >= 11 is 0. The van der Waals surface area contributed by atoms with E-state index in [1.807, 2.05) is 6.55 Å². The predicted octanol–water partition coefficient (Wildman–Crippen LogP) is -0.350. The molecule has 0 aromatic carbocycles. The van der Waals surface area contributed by atoms with Crippen LogP contribution in [0.2, 0.25) is 6.55 Å². The molecule has 0 saturated carbocycles. The van der Waals surface area contributed by atoms with Crippen molar-refractivity contribution >= 4 is 8.56 Å². The maximum Gasteiger partial charge on any atom is 0.361 e. The van der Waals surface area contributed by atoms with E-state index in [4.69, 9.17) is 18.7 Å². The molecule has 14 heavy (non-hydrogen) atoms. The second-order valence-corrected chi connectivity index (χ2v) is 6.60. The highest BCUT2D eigenvalue weighted by Crippen LogP contribution is 2.05. The van der Waals surface area contributed by atoms with Gasteiger partial charge in [-0.15, -0.1) is 0 Å².